The summed E-state index contributed by atoms with van der Waals surface area (Å²) in [6.45, 7) is 0. The van der Waals surface area contributed by atoms with Crippen molar-refractivity contribution >= 4 is 17.4 Å². The van der Waals surface area contributed by atoms with Crippen LogP contribution in [0, 0.1) is 5.82 Å². The van der Waals surface area contributed by atoms with Crippen molar-refractivity contribution in [1.29, 1.82) is 0 Å². The Morgan fingerprint density at radius 1 is 1.10 bits per heavy atom. The molecule has 0 amide bonds. The predicted molar refractivity (Wildman–Crippen MR) is 74.1 cm³/mol. The number of nitrogens with zero attached hydrogens (tertiary/aromatic N) is 4. The Morgan fingerprint density at radius 3 is 2.65 bits per heavy atom. The Bertz CT molecular complexity index is 708. The number of nitrogen functional groups attached to an aromatic ring is 1. The molecule has 0 aliphatic carbocycles. The number of anilines is 1. The number of nitrogens with two attached hydrogens (primary N) is 1. The van der Waals surface area contributed by atoms with E-state index in [4.69, 9.17) is 5.73 Å². The molecular weight excluding hydrogens is 277 g/mol. The third kappa shape index (κ3) is 2.62. The normalized spacial score (nSPS) is 10.7. The summed E-state index contributed by atoms with van der Waals surface area (Å²) in [5.41, 5.74) is 6.83. The van der Waals surface area contributed by atoms with Gasteiger partial charge in [-0.3, -0.25) is 0 Å². The molecule has 0 bridgehead atoms. The number of para-hydroxylation sites is 1. The van der Waals surface area contributed by atoms with Crippen LogP contribution in [0.2, 0.25) is 0 Å². The van der Waals surface area contributed by atoms with E-state index in [0.29, 0.717) is 15.7 Å². The number of rotatable bonds is 3. The maximum Gasteiger partial charge on any atom is 0.218 e. The molecule has 0 saturated heterocycles. The SMILES string of the molecule is Nc1cc(F)cc(Sc2nnnn2-c2ccccc2)c1. The van der Waals surface area contributed by atoms with Crippen LogP contribution in [0.1, 0.15) is 0 Å². The lowest BCUT2D eigenvalue weighted by Gasteiger charge is -2.04. The summed E-state index contributed by atoms with van der Waals surface area (Å²) in [6, 6.07) is 13.8. The summed E-state index contributed by atoms with van der Waals surface area (Å²) in [7, 11) is 0. The maximum atomic E-state index is 13.3. The molecule has 7 heteroatoms. The van der Waals surface area contributed by atoms with Gasteiger partial charge in [0.15, 0.2) is 0 Å². The second-order valence-corrected chi connectivity index (χ2v) is 5.07. The lowest BCUT2D eigenvalue weighted by molar-refractivity contribution is 0.625. The molecule has 0 atom stereocenters. The molecular formula is C13H10FN5S. The summed E-state index contributed by atoms with van der Waals surface area (Å²) in [5, 5.41) is 12.1. The molecule has 20 heavy (non-hydrogen) atoms. The largest absolute Gasteiger partial charge is 0.399 e. The quantitative estimate of drug-likeness (QED) is 0.750. The van der Waals surface area contributed by atoms with E-state index in [2.05, 4.69) is 15.5 Å². The highest BCUT2D eigenvalue weighted by atomic mass is 32.2. The molecule has 0 unspecified atom stereocenters. The molecule has 0 spiro atoms. The second-order valence-electron chi connectivity index (χ2n) is 4.03. The zero-order chi connectivity index (χ0) is 13.9. The fourth-order valence-corrected chi connectivity index (χ4v) is 2.61. The fraction of sp³-hybridized carbons (Fsp3) is 0. The van der Waals surface area contributed by atoms with Crippen molar-refractivity contribution in [3.8, 4) is 5.69 Å². The van der Waals surface area contributed by atoms with Crippen LogP contribution in [0.15, 0.2) is 58.6 Å². The Hall–Kier alpha value is -2.41. The summed E-state index contributed by atoms with van der Waals surface area (Å²) < 4.78 is 14.9. The minimum Gasteiger partial charge on any atom is -0.399 e. The van der Waals surface area contributed by atoms with Gasteiger partial charge < -0.3 is 5.73 Å². The molecule has 1 heterocycles. The second kappa shape index (κ2) is 5.30. The molecule has 1 aromatic heterocycles. The van der Waals surface area contributed by atoms with E-state index in [0.717, 1.165) is 5.69 Å². The molecule has 0 radical (unpaired) electrons. The molecule has 3 aromatic rings. The molecule has 2 aromatic carbocycles. The third-order valence-electron chi connectivity index (χ3n) is 2.54. The summed E-state index contributed by atoms with van der Waals surface area (Å²) in [4.78, 5) is 0.648. The van der Waals surface area contributed by atoms with Gasteiger partial charge in [-0.1, -0.05) is 18.2 Å². The summed E-state index contributed by atoms with van der Waals surface area (Å²) in [5.74, 6) is -0.383. The summed E-state index contributed by atoms with van der Waals surface area (Å²) in [6.07, 6.45) is 0. The van der Waals surface area contributed by atoms with Crippen molar-refractivity contribution in [2.24, 2.45) is 0 Å². The van der Waals surface area contributed by atoms with Crippen molar-refractivity contribution in [3.05, 3.63) is 54.3 Å². The van der Waals surface area contributed by atoms with Gasteiger partial charge in [-0.05, 0) is 52.5 Å². The summed E-state index contributed by atoms with van der Waals surface area (Å²) >= 11 is 1.25. The molecule has 0 saturated carbocycles. The van der Waals surface area contributed by atoms with Crippen molar-refractivity contribution in [2.75, 3.05) is 5.73 Å². The van der Waals surface area contributed by atoms with Crippen LogP contribution < -0.4 is 5.73 Å². The Balaban J connectivity index is 1.94. The van der Waals surface area contributed by atoms with Crippen LogP contribution in [0.3, 0.4) is 0 Å². The average Bonchev–Trinajstić information content (AvgIpc) is 2.86. The van der Waals surface area contributed by atoms with Gasteiger partial charge >= 0.3 is 0 Å². The zero-order valence-corrected chi connectivity index (χ0v) is 11.1. The number of halogens is 1. The van der Waals surface area contributed by atoms with Crippen LogP contribution in [-0.4, -0.2) is 20.2 Å². The number of aromatic nitrogens is 4. The van der Waals surface area contributed by atoms with Gasteiger partial charge in [0.25, 0.3) is 0 Å². The number of hydrogen-bond donors (Lipinski definition) is 1. The van der Waals surface area contributed by atoms with Gasteiger partial charge in [0, 0.05) is 10.6 Å². The molecule has 3 rings (SSSR count). The molecule has 0 aliphatic rings. The zero-order valence-electron chi connectivity index (χ0n) is 10.3. The van der Waals surface area contributed by atoms with Crippen LogP contribution >= 0.6 is 11.8 Å². The lowest BCUT2D eigenvalue weighted by Crippen LogP contribution is -1.98. The van der Waals surface area contributed by atoms with Gasteiger partial charge in [0.1, 0.15) is 5.82 Å². The smallest absolute Gasteiger partial charge is 0.218 e. The highest BCUT2D eigenvalue weighted by Crippen LogP contribution is 2.28. The van der Waals surface area contributed by atoms with Gasteiger partial charge in [0.2, 0.25) is 5.16 Å². The van der Waals surface area contributed by atoms with Crippen molar-refractivity contribution in [1.82, 2.24) is 20.2 Å². The van der Waals surface area contributed by atoms with Crippen LogP contribution in [0.5, 0.6) is 0 Å². The predicted octanol–water partition coefficient (Wildman–Crippen LogP) is 2.53. The van der Waals surface area contributed by atoms with Crippen molar-refractivity contribution in [2.45, 2.75) is 10.1 Å². The molecule has 100 valence electrons. The minimum atomic E-state index is -0.383. The fourth-order valence-electron chi connectivity index (χ4n) is 1.72. The van der Waals surface area contributed by atoms with Crippen molar-refractivity contribution < 1.29 is 4.39 Å². The van der Waals surface area contributed by atoms with E-state index >= 15 is 0 Å². The van der Waals surface area contributed by atoms with E-state index < -0.39 is 0 Å². The van der Waals surface area contributed by atoms with Crippen molar-refractivity contribution in [3.63, 3.8) is 0 Å². The standard InChI is InChI=1S/C13H10FN5S/c14-9-6-10(15)8-12(7-9)20-13-16-17-18-19(13)11-4-2-1-3-5-11/h1-8H,15H2. The average molecular weight is 287 g/mol. The Morgan fingerprint density at radius 2 is 1.90 bits per heavy atom. The molecule has 0 aliphatic heterocycles. The van der Waals surface area contributed by atoms with Crippen LogP contribution in [0.25, 0.3) is 5.69 Å². The highest BCUT2D eigenvalue weighted by Gasteiger charge is 2.10. The Labute approximate surface area is 118 Å². The van der Waals surface area contributed by atoms with Gasteiger partial charge in [0.05, 0.1) is 5.69 Å². The Kier molecular flexibility index (Phi) is 3.34. The first kappa shape index (κ1) is 12.6. The third-order valence-corrected chi connectivity index (χ3v) is 3.45. The van der Waals surface area contributed by atoms with Crippen LogP contribution in [0.4, 0.5) is 10.1 Å². The lowest BCUT2D eigenvalue weighted by atomic mass is 10.3. The molecule has 0 fully saturated rings. The van der Waals surface area contributed by atoms with E-state index in [1.54, 1.807) is 10.7 Å². The number of benzene rings is 2. The van der Waals surface area contributed by atoms with E-state index in [-0.39, 0.29) is 5.82 Å². The van der Waals surface area contributed by atoms with E-state index in [9.17, 15) is 4.39 Å². The maximum absolute atomic E-state index is 13.3. The molecule has 2 N–H and O–H groups in total. The van der Waals surface area contributed by atoms with E-state index in [1.807, 2.05) is 30.3 Å². The molecule has 5 nitrogen and oxygen atoms in total. The monoisotopic (exact) mass is 287 g/mol. The first-order valence-corrected chi connectivity index (χ1v) is 6.62. The van der Waals surface area contributed by atoms with Gasteiger partial charge in [-0.2, -0.15) is 4.68 Å². The number of hydrogen-bond acceptors (Lipinski definition) is 5. The highest BCUT2D eigenvalue weighted by molar-refractivity contribution is 7.99. The first-order chi connectivity index (χ1) is 9.72. The van der Waals surface area contributed by atoms with Crippen LogP contribution in [-0.2, 0) is 0 Å². The van der Waals surface area contributed by atoms with Gasteiger partial charge in [-0.15, -0.1) is 5.10 Å². The first-order valence-electron chi connectivity index (χ1n) is 5.80. The topological polar surface area (TPSA) is 69.6 Å². The minimum absolute atomic E-state index is 0.367. The number of tetrazole rings is 1. The van der Waals surface area contributed by atoms with Gasteiger partial charge in [-0.25, -0.2) is 4.39 Å². The van der Waals surface area contributed by atoms with E-state index in [1.165, 1.54) is 23.9 Å².